The zero-order valence-electron chi connectivity index (χ0n) is 18.3. The van der Waals surface area contributed by atoms with Gasteiger partial charge in [0.2, 0.25) is 0 Å². The minimum atomic E-state index is -0.244. The van der Waals surface area contributed by atoms with E-state index in [0.717, 1.165) is 37.8 Å². The first-order valence-electron chi connectivity index (χ1n) is 11.0. The zero-order valence-corrected chi connectivity index (χ0v) is 19.1. The van der Waals surface area contributed by atoms with Crippen molar-refractivity contribution in [2.24, 2.45) is 0 Å². The highest BCUT2D eigenvalue weighted by Gasteiger charge is 2.26. The molecule has 168 valence electrons. The largest absolute Gasteiger partial charge is 0.507 e. The zero-order chi connectivity index (χ0) is 22.7. The SMILES string of the molecule is CCC(C)NC(=O)n1nc(-c2ccc(NC(=O)c3cccs3)cc2O)cc1C1CCCC1. The summed E-state index contributed by atoms with van der Waals surface area (Å²) >= 11 is 1.35. The molecule has 8 heteroatoms. The third kappa shape index (κ3) is 4.70. The van der Waals surface area contributed by atoms with Crippen LogP contribution in [0.2, 0.25) is 0 Å². The summed E-state index contributed by atoms with van der Waals surface area (Å²) in [4.78, 5) is 25.8. The van der Waals surface area contributed by atoms with Crippen LogP contribution in [0.3, 0.4) is 0 Å². The van der Waals surface area contributed by atoms with Crippen molar-refractivity contribution in [1.29, 1.82) is 0 Å². The van der Waals surface area contributed by atoms with Crippen molar-refractivity contribution in [3.63, 3.8) is 0 Å². The van der Waals surface area contributed by atoms with Crippen molar-refractivity contribution in [3.8, 4) is 17.0 Å². The van der Waals surface area contributed by atoms with Gasteiger partial charge in [-0.2, -0.15) is 9.78 Å². The van der Waals surface area contributed by atoms with Gasteiger partial charge in [0.15, 0.2) is 0 Å². The van der Waals surface area contributed by atoms with Gasteiger partial charge in [0.1, 0.15) is 5.75 Å². The first-order chi connectivity index (χ1) is 15.5. The van der Waals surface area contributed by atoms with E-state index in [1.165, 1.54) is 22.1 Å². The Balaban J connectivity index is 1.61. The van der Waals surface area contributed by atoms with Gasteiger partial charge >= 0.3 is 6.03 Å². The van der Waals surface area contributed by atoms with Crippen LogP contribution in [0.25, 0.3) is 11.3 Å². The second kappa shape index (κ2) is 9.56. The number of phenols is 1. The van der Waals surface area contributed by atoms with E-state index >= 15 is 0 Å². The highest BCUT2D eigenvalue weighted by molar-refractivity contribution is 7.12. The van der Waals surface area contributed by atoms with Crippen LogP contribution in [0.15, 0.2) is 41.8 Å². The van der Waals surface area contributed by atoms with Gasteiger partial charge in [-0.25, -0.2) is 4.79 Å². The van der Waals surface area contributed by atoms with E-state index in [2.05, 4.69) is 15.7 Å². The number of phenolic OH excluding ortho intramolecular Hbond substituents is 1. The third-order valence-corrected chi connectivity index (χ3v) is 6.83. The fourth-order valence-corrected chi connectivity index (χ4v) is 4.62. The predicted octanol–water partition coefficient (Wildman–Crippen LogP) is 5.58. The number of aromatic nitrogens is 2. The number of hydrogen-bond donors (Lipinski definition) is 3. The molecule has 0 radical (unpaired) electrons. The number of carbonyl (C=O) groups excluding carboxylic acids is 2. The molecule has 1 atom stereocenters. The van der Waals surface area contributed by atoms with Crippen molar-refractivity contribution in [2.45, 2.75) is 57.9 Å². The van der Waals surface area contributed by atoms with Crippen LogP contribution < -0.4 is 10.6 Å². The molecule has 3 aromatic rings. The van der Waals surface area contributed by atoms with E-state index in [4.69, 9.17) is 0 Å². The number of carbonyl (C=O) groups is 2. The second-order valence-corrected chi connectivity index (χ2v) is 9.22. The fraction of sp³-hybridized carbons (Fsp3) is 0.375. The van der Waals surface area contributed by atoms with Crippen LogP contribution in [0.5, 0.6) is 5.75 Å². The number of amides is 2. The molecule has 2 amide bonds. The molecule has 2 aromatic heterocycles. The van der Waals surface area contributed by atoms with Gasteiger partial charge in [-0.3, -0.25) is 4.79 Å². The lowest BCUT2D eigenvalue weighted by atomic mass is 10.0. The smallest absolute Gasteiger partial charge is 0.342 e. The minimum Gasteiger partial charge on any atom is -0.507 e. The quantitative estimate of drug-likeness (QED) is 0.455. The molecule has 0 spiro atoms. The molecule has 32 heavy (non-hydrogen) atoms. The second-order valence-electron chi connectivity index (χ2n) is 8.27. The molecular weight excluding hydrogens is 424 g/mol. The Kier molecular flexibility index (Phi) is 6.60. The van der Waals surface area contributed by atoms with Crippen LogP contribution in [0.4, 0.5) is 10.5 Å². The summed E-state index contributed by atoms with van der Waals surface area (Å²) in [5.74, 6) is 0.0611. The van der Waals surface area contributed by atoms with E-state index in [9.17, 15) is 14.7 Å². The number of hydrogen-bond acceptors (Lipinski definition) is 5. The Bertz CT molecular complexity index is 1100. The third-order valence-electron chi connectivity index (χ3n) is 5.96. The number of anilines is 1. The number of benzene rings is 1. The van der Waals surface area contributed by atoms with Crippen LogP contribution in [-0.4, -0.2) is 32.9 Å². The van der Waals surface area contributed by atoms with Gasteiger partial charge in [0.25, 0.3) is 5.91 Å². The van der Waals surface area contributed by atoms with E-state index in [0.29, 0.717) is 21.8 Å². The van der Waals surface area contributed by atoms with Gasteiger partial charge in [-0.05, 0) is 55.8 Å². The van der Waals surface area contributed by atoms with Gasteiger partial charge in [-0.1, -0.05) is 25.8 Å². The summed E-state index contributed by atoms with van der Waals surface area (Å²) in [5.41, 5.74) is 2.44. The Morgan fingerprint density at radius 1 is 1.25 bits per heavy atom. The lowest BCUT2D eigenvalue weighted by Gasteiger charge is -2.15. The molecule has 1 unspecified atom stereocenters. The monoisotopic (exact) mass is 452 g/mol. The van der Waals surface area contributed by atoms with Gasteiger partial charge < -0.3 is 15.7 Å². The normalized spacial score (nSPS) is 14.9. The number of aromatic hydroxyl groups is 1. The molecule has 1 fully saturated rings. The van der Waals surface area contributed by atoms with Crippen LogP contribution in [0, 0.1) is 0 Å². The highest BCUT2D eigenvalue weighted by atomic mass is 32.1. The van der Waals surface area contributed by atoms with E-state index < -0.39 is 0 Å². The van der Waals surface area contributed by atoms with Crippen molar-refractivity contribution in [3.05, 3.63) is 52.3 Å². The molecule has 3 N–H and O–H groups in total. The van der Waals surface area contributed by atoms with Crippen molar-refractivity contribution < 1.29 is 14.7 Å². The van der Waals surface area contributed by atoms with Gasteiger partial charge in [0, 0.05) is 29.3 Å². The lowest BCUT2D eigenvalue weighted by molar-refractivity contribution is 0.103. The molecular formula is C24H28N4O3S. The number of nitrogens with zero attached hydrogens (tertiary/aromatic N) is 2. The highest BCUT2D eigenvalue weighted by Crippen LogP contribution is 2.38. The van der Waals surface area contributed by atoms with E-state index in [1.807, 2.05) is 31.4 Å². The number of thiophene rings is 1. The molecule has 1 saturated carbocycles. The summed E-state index contributed by atoms with van der Waals surface area (Å²) in [6.45, 7) is 3.99. The summed E-state index contributed by atoms with van der Waals surface area (Å²) in [7, 11) is 0. The van der Waals surface area contributed by atoms with E-state index in [-0.39, 0.29) is 29.6 Å². The maximum atomic E-state index is 12.9. The molecule has 0 aliphatic heterocycles. The molecule has 4 rings (SSSR count). The first-order valence-corrected chi connectivity index (χ1v) is 11.9. The number of nitrogens with one attached hydrogen (secondary N) is 2. The Hall–Kier alpha value is -3.13. The predicted molar refractivity (Wildman–Crippen MR) is 126 cm³/mol. The maximum Gasteiger partial charge on any atom is 0.342 e. The van der Waals surface area contributed by atoms with Gasteiger partial charge in [-0.15, -0.1) is 11.3 Å². The van der Waals surface area contributed by atoms with Crippen LogP contribution in [0.1, 0.15) is 67.2 Å². The van der Waals surface area contributed by atoms with Gasteiger partial charge in [0.05, 0.1) is 16.3 Å². The van der Waals surface area contributed by atoms with Crippen molar-refractivity contribution in [1.82, 2.24) is 15.1 Å². The Labute approximate surface area is 191 Å². The fourth-order valence-electron chi connectivity index (χ4n) is 4.00. The number of rotatable bonds is 6. The molecule has 2 heterocycles. The minimum absolute atomic E-state index is 0.000985. The van der Waals surface area contributed by atoms with Crippen molar-refractivity contribution in [2.75, 3.05) is 5.32 Å². The molecule has 1 aliphatic carbocycles. The molecule has 1 aromatic carbocycles. The van der Waals surface area contributed by atoms with Crippen LogP contribution >= 0.6 is 11.3 Å². The molecule has 7 nitrogen and oxygen atoms in total. The molecule has 1 aliphatic rings. The lowest BCUT2D eigenvalue weighted by Crippen LogP contribution is -2.37. The summed E-state index contributed by atoms with van der Waals surface area (Å²) < 4.78 is 1.46. The average Bonchev–Trinajstić information content (AvgIpc) is 3.54. The van der Waals surface area contributed by atoms with E-state index in [1.54, 1.807) is 18.2 Å². The molecule has 0 saturated heterocycles. The topological polar surface area (TPSA) is 96.3 Å². The summed E-state index contributed by atoms with van der Waals surface area (Å²) in [5, 5.41) is 22.9. The maximum absolute atomic E-state index is 12.9. The Morgan fingerprint density at radius 2 is 2.03 bits per heavy atom. The Morgan fingerprint density at radius 3 is 2.69 bits per heavy atom. The standard InChI is InChI=1S/C24H28N4O3S/c1-3-15(2)25-24(31)28-20(16-7-4-5-8-16)14-19(27-28)18-11-10-17(13-21(18)29)26-23(30)22-9-6-12-32-22/h6,9-16,29H,3-5,7-8H2,1-2H3,(H,25,31)(H,26,30). The van der Waals surface area contributed by atoms with Crippen molar-refractivity contribution >= 4 is 29.0 Å². The summed E-state index contributed by atoms with van der Waals surface area (Å²) in [6.07, 6.45) is 5.17. The van der Waals surface area contributed by atoms with Crippen LogP contribution in [-0.2, 0) is 0 Å². The molecule has 0 bridgehead atoms. The average molecular weight is 453 g/mol. The first kappa shape index (κ1) is 22.1. The summed E-state index contributed by atoms with van der Waals surface area (Å²) in [6, 6.07) is 10.2.